The first kappa shape index (κ1) is 16.6. The lowest BCUT2D eigenvalue weighted by Gasteiger charge is -2.39. The van der Waals surface area contributed by atoms with Gasteiger partial charge in [-0.05, 0) is 32.6 Å². The van der Waals surface area contributed by atoms with Crippen LogP contribution in [0.25, 0.3) is 0 Å². The van der Waals surface area contributed by atoms with Gasteiger partial charge in [-0.2, -0.15) is 0 Å². The third kappa shape index (κ3) is 3.99. The van der Waals surface area contributed by atoms with Gasteiger partial charge in [-0.15, -0.1) is 10.2 Å². The Morgan fingerprint density at radius 3 is 2.96 bits per heavy atom. The summed E-state index contributed by atoms with van der Waals surface area (Å²) in [7, 11) is 1.70. The van der Waals surface area contributed by atoms with Crippen molar-refractivity contribution in [1.82, 2.24) is 15.1 Å². The number of piperidine rings is 1. The molecule has 0 aromatic carbocycles. The molecule has 2 amide bonds. The predicted octanol–water partition coefficient (Wildman–Crippen LogP) is 2.46. The minimum atomic E-state index is -0.260. The van der Waals surface area contributed by atoms with E-state index < -0.39 is 0 Å². The van der Waals surface area contributed by atoms with Crippen molar-refractivity contribution in [3.8, 4) is 0 Å². The standard InChI is InChI=1S/C15H24N4O3S/c1-15(21-2)6-3-7-19(10-15)14(20)16-13-18-17-12(23-13)11-4-8-22-9-5-11/h11H,3-10H2,1-2H3,(H,16,18,20). The van der Waals surface area contributed by atoms with Crippen LogP contribution >= 0.6 is 11.3 Å². The largest absolute Gasteiger partial charge is 0.381 e. The molecule has 2 saturated heterocycles. The topological polar surface area (TPSA) is 76.6 Å². The number of hydrogen-bond donors (Lipinski definition) is 1. The molecular formula is C15H24N4O3S. The molecule has 23 heavy (non-hydrogen) atoms. The Balaban J connectivity index is 1.58. The highest BCUT2D eigenvalue weighted by molar-refractivity contribution is 7.15. The van der Waals surface area contributed by atoms with Crippen LogP contribution in [0.2, 0.25) is 0 Å². The molecule has 8 heteroatoms. The number of amides is 2. The number of nitrogens with one attached hydrogen (secondary N) is 1. The average Bonchev–Trinajstić information content (AvgIpc) is 3.04. The highest BCUT2D eigenvalue weighted by atomic mass is 32.1. The number of nitrogens with zero attached hydrogens (tertiary/aromatic N) is 3. The maximum Gasteiger partial charge on any atom is 0.323 e. The molecule has 0 bridgehead atoms. The molecule has 1 N–H and O–H groups in total. The van der Waals surface area contributed by atoms with E-state index in [9.17, 15) is 4.79 Å². The van der Waals surface area contributed by atoms with Gasteiger partial charge in [0.1, 0.15) is 5.01 Å². The molecule has 1 aromatic rings. The average molecular weight is 340 g/mol. The summed E-state index contributed by atoms with van der Waals surface area (Å²) in [6, 6.07) is -0.123. The second-order valence-electron chi connectivity index (χ2n) is 6.44. The Hall–Kier alpha value is -1.25. The molecule has 0 spiro atoms. The highest BCUT2D eigenvalue weighted by Gasteiger charge is 2.33. The lowest BCUT2D eigenvalue weighted by molar-refractivity contribution is -0.0389. The number of carbonyl (C=O) groups is 1. The van der Waals surface area contributed by atoms with Crippen molar-refractivity contribution in [2.24, 2.45) is 0 Å². The smallest absolute Gasteiger partial charge is 0.323 e. The van der Waals surface area contributed by atoms with E-state index in [1.807, 2.05) is 6.92 Å². The van der Waals surface area contributed by atoms with E-state index in [0.29, 0.717) is 17.6 Å². The van der Waals surface area contributed by atoms with Gasteiger partial charge < -0.3 is 14.4 Å². The Morgan fingerprint density at radius 1 is 1.43 bits per heavy atom. The monoisotopic (exact) mass is 340 g/mol. The fourth-order valence-electron chi connectivity index (χ4n) is 3.11. The third-order valence-corrected chi connectivity index (χ3v) is 5.67. The van der Waals surface area contributed by atoms with Crippen LogP contribution in [0, 0.1) is 0 Å². The Morgan fingerprint density at radius 2 is 2.22 bits per heavy atom. The molecule has 0 radical (unpaired) electrons. The molecular weight excluding hydrogens is 316 g/mol. The van der Waals surface area contributed by atoms with E-state index in [-0.39, 0.29) is 11.6 Å². The van der Waals surface area contributed by atoms with Gasteiger partial charge in [0.2, 0.25) is 5.13 Å². The maximum absolute atomic E-state index is 12.4. The van der Waals surface area contributed by atoms with Crippen molar-refractivity contribution in [3.05, 3.63) is 5.01 Å². The lowest BCUT2D eigenvalue weighted by Crippen LogP contribution is -2.50. The quantitative estimate of drug-likeness (QED) is 0.915. The van der Waals surface area contributed by atoms with E-state index in [2.05, 4.69) is 15.5 Å². The van der Waals surface area contributed by atoms with Gasteiger partial charge in [0.15, 0.2) is 0 Å². The summed E-state index contributed by atoms with van der Waals surface area (Å²) in [6.07, 6.45) is 3.86. The molecule has 1 atom stereocenters. The number of rotatable bonds is 3. The number of methoxy groups -OCH3 is 1. The maximum atomic E-state index is 12.4. The number of carbonyl (C=O) groups excluding carboxylic acids is 1. The van der Waals surface area contributed by atoms with Crippen LogP contribution in [0.3, 0.4) is 0 Å². The second-order valence-corrected chi connectivity index (χ2v) is 7.45. The van der Waals surface area contributed by atoms with E-state index in [1.54, 1.807) is 12.0 Å². The summed E-state index contributed by atoms with van der Waals surface area (Å²) in [5, 5.41) is 12.8. The normalized spacial score (nSPS) is 26.3. The van der Waals surface area contributed by atoms with Crippen molar-refractivity contribution in [1.29, 1.82) is 0 Å². The van der Waals surface area contributed by atoms with Crippen LogP contribution in [0.15, 0.2) is 0 Å². The van der Waals surface area contributed by atoms with Crippen LogP contribution < -0.4 is 5.32 Å². The van der Waals surface area contributed by atoms with Gasteiger partial charge >= 0.3 is 6.03 Å². The van der Waals surface area contributed by atoms with E-state index >= 15 is 0 Å². The van der Waals surface area contributed by atoms with Crippen LogP contribution in [0.1, 0.15) is 43.5 Å². The summed E-state index contributed by atoms with van der Waals surface area (Å²) in [6.45, 7) is 4.93. The first-order chi connectivity index (χ1) is 11.1. The lowest BCUT2D eigenvalue weighted by atomic mass is 9.95. The predicted molar refractivity (Wildman–Crippen MR) is 87.9 cm³/mol. The molecule has 1 aromatic heterocycles. The minimum absolute atomic E-state index is 0.123. The van der Waals surface area contributed by atoms with Crippen LogP contribution in [-0.2, 0) is 9.47 Å². The number of hydrogen-bond acceptors (Lipinski definition) is 6. The molecule has 128 valence electrons. The Bertz CT molecular complexity index is 547. The fourth-order valence-corrected chi connectivity index (χ4v) is 4.01. The zero-order chi connectivity index (χ0) is 16.3. The Kier molecular flexibility index (Phi) is 5.13. The summed E-state index contributed by atoms with van der Waals surface area (Å²) in [4.78, 5) is 14.2. The molecule has 1 unspecified atom stereocenters. The Labute approximate surface area is 140 Å². The van der Waals surface area contributed by atoms with Crippen LogP contribution in [0.5, 0.6) is 0 Å². The van der Waals surface area contributed by atoms with Gasteiger partial charge in [0.05, 0.1) is 12.1 Å². The molecule has 2 aliphatic heterocycles. The van der Waals surface area contributed by atoms with Crippen molar-refractivity contribution in [3.63, 3.8) is 0 Å². The van der Waals surface area contributed by atoms with Gasteiger partial charge in [-0.1, -0.05) is 11.3 Å². The summed E-state index contributed by atoms with van der Waals surface area (Å²) < 4.78 is 10.9. The molecule has 0 aliphatic carbocycles. The van der Waals surface area contributed by atoms with E-state index in [0.717, 1.165) is 50.4 Å². The van der Waals surface area contributed by atoms with Crippen molar-refractivity contribution in [2.45, 2.75) is 44.1 Å². The van der Waals surface area contributed by atoms with Crippen LogP contribution in [-0.4, -0.2) is 60.1 Å². The number of aromatic nitrogens is 2. The van der Waals surface area contributed by atoms with Gasteiger partial charge in [-0.3, -0.25) is 5.32 Å². The van der Waals surface area contributed by atoms with Crippen LogP contribution in [0.4, 0.5) is 9.93 Å². The number of anilines is 1. The summed E-state index contributed by atoms with van der Waals surface area (Å²) >= 11 is 1.47. The fraction of sp³-hybridized carbons (Fsp3) is 0.800. The summed E-state index contributed by atoms with van der Waals surface area (Å²) in [5.74, 6) is 0.402. The summed E-state index contributed by atoms with van der Waals surface area (Å²) in [5.41, 5.74) is -0.260. The van der Waals surface area contributed by atoms with Crippen molar-refractivity contribution >= 4 is 22.5 Å². The molecule has 7 nitrogen and oxygen atoms in total. The van der Waals surface area contributed by atoms with Gasteiger partial charge in [0.25, 0.3) is 0 Å². The third-order valence-electron chi connectivity index (χ3n) is 4.66. The zero-order valence-corrected chi connectivity index (χ0v) is 14.5. The van der Waals surface area contributed by atoms with Crippen molar-refractivity contribution in [2.75, 3.05) is 38.7 Å². The van der Waals surface area contributed by atoms with Gasteiger partial charge in [0, 0.05) is 32.8 Å². The molecule has 2 aliphatic rings. The van der Waals surface area contributed by atoms with E-state index in [1.165, 1.54) is 11.3 Å². The molecule has 3 heterocycles. The molecule has 2 fully saturated rings. The van der Waals surface area contributed by atoms with Crippen molar-refractivity contribution < 1.29 is 14.3 Å². The number of ether oxygens (including phenoxy) is 2. The van der Waals surface area contributed by atoms with Gasteiger partial charge in [-0.25, -0.2) is 4.79 Å². The zero-order valence-electron chi connectivity index (χ0n) is 13.7. The molecule has 0 saturated carbocycles. The number of likely N-dealkylation sites (tertiary alicyclic amines) is 1. The van der Waals surface area contributed by atoms with E-state index in [4.69, 9.17) is 9.47 Å². The first-order valence-corrected chi connectivity index (χ1v) is 8.93. The first-order valence-electron chi connectivity index (χ1n) is 8.12. The number of urea groups is 1. The minimum Gasteiger partial charge on any atom is -0.381 e. The second kappa shape index (κ2) is 7.11. The SMILES string of the molecule is COC1(C)CCCN(C(=O)Nc2nnc(C3CCOCC3)s2)C1. The molecule has 3 rings (SSSR count). The highest BCUT2D eigenvalue weighted by Crippen LogP contribution is 2.31.